The van der Waals surface area contributed by atoms with Crippen molar-refractivity contribution in [2.24, 2.45) is 0 Å². The van der Waals surface area contributed by atoms with E-state index in [9.17, 15) is 4.39 Å². The van der Waals surface area contributed by atoms with Crippen molar-refractivity contribution >= 4 is 11.6 Å². The van der Waals surface area contributed by atoms with Gasteiger partial charge in [-0.05, 0) is 12.1 Å². The van der Waals surface area contributed by atoms with E-state index in [-0.39, 0.29) is 17.4 Å². The van der Waals surface area contributed by atoms with E-state index in [1.807, 2.05) is 0 Å². The molecule has 0 aromatic heterocycles. The van der Waals surface area contributed by atoms with Crippen LogP contribution in [0, 0.1) is 5.82 Å². The van der Waals surface area contributed by atoms with Crippen molar-refractivity contribution in [2.45, 2.75) is 6.10 Å². The average Bonchev–Trinajstić information content (AvgIpc) is 2.16. The molecular weight excluding hydrogens is 211 g/mol. The second-order valence-electron chi connectivity index (χ2n) is 2.70. The fraction of sp³-hybridized carbons (Fsp3) is 0.333. The molecule has 3 nitrogen and oxygen atoms in total. The maximum absolute atomic E-state index is 13.1. The summed E-state index contributed by atoms with van der Waals surface area (Å²) in [4.78, 5) is 0. The van der Waals surface area contributed by atoms with Crippen molar-refractivity contribution in [3.63, 3.8) is 0 Å². The normalized spacial score (nSPS) is 12.6. The smallest absolute Gasteiger partial charge is 0.173 e. The summed E-state index contributed by atoms with van der Waals surface area (Å²) in [6, 6.07) is 4.13. The summed E-state index contributed by atoms with van der Waals surface area (Å²) in [6.07, 6.45) is -1.04. The third kappa shape index (κ3) is 2.83. The van der Waals surface area contributed by atoms with E-state index < -0.39 is 18.5 Å². The van der Waals surface area contributed by atoms with Gasteiger partial charge in [0.25, 0.3) is 0 Å². The van der Waals surface area contributed by atoms with Gasteiger partial charge < -0.3 is 14.9 Å². The van der Waals surface area contributed by atoms with Crippen molar-refractivity contribution < 1.29 is 19.3 Å². The van der Waals surface area contributed by atoms with Gasteiger partial charge in [0.2, 0.25) is 0 Å². The van der Waals surface area contributed by atoms with Gasteiger partial charge in [0.05, 0.1) is 11.6 Å². The largest absolute Gasteiger partial charge is 0.486 e. The predicted octanol–water partition coefficient (Wildman–Crippen LogP) is 1.21. The maximum Gasteiger partial charge on any atom is 0.173 e. The fourth-order valence-electron chi connectivity index (χ4n) is 0.853. The molecule has 0 saturated heterocycles. The zero-order valence-corrected chi connectivity index (χ0v) is 8.04. The van der Waals surface area contributed by atoms with E-state index in [1.165, 1.54) is 18.2 Å². The van der Waals surface area contributed by atoms with Crippen molar-refractivity contribution in [3.8, 4) is 5.75 Å². The van der Waals surface area contributed by atoms with Gasteiger partial charge in [-0.1, -0.05) is 17.7 Å². The molecule has 0 aliphatic heterocycles. The maximum atomic E-state index is 13.1. The van der Waals surface area contributed by atoms with Crippen LogP contribution >= 0.6 is 11.6 Å². The molecule has 0 heterocycles. The summed E-state index contributed by atoms with van der Waals surface area (Å²) in [7, 11) is 0. The quantitative estimate of drug-likeness (QED) is 0.802. The van der Waals surface area contributed by atoms with Gasteiger partial charge in [-0.15, -0.1) is 0 Å². The molecule has 1 rings (SSSR count). The van der Waals surface area contributed by atoms with Crippen LogP contribution < -0.4 is 4.74 Å². The number of para-hydroxylation sites is 1. The average molecular weight is 221 g/mol. The van der Waals surface area contributed by atoms with E-state index in [2.05, 4.69) is 0 Å². The number of halogens is 2. The van der Waals surface area contributed by atoms with E-state index in [1.54, 1.807) is 0 Å². The van der Waals surface area contributed by atoms with Crippen LogP contribution in [0.15, 0.2) is 18.2 Å². The molecule has 0 amide bonds. The number of rotatable bonds is 4. The predicted molar refractivity (Wildman–Crippen MR) is 50.0 cm³/mol. The summed E-state index contributed by atoms with van der Waals surface area (Å²) in [6.45, 7) is -0.636. The number of hydrogen-bond donors (Lipinski definition) is 2. The molecule has 0 aliphatic carbocycles. The minimum absolute atomic E-state index is 0.110. The second kappa shape index (κ2) is 5.14. The van der Waals surface area contributed by atoms with E-state index >= 15 is 0 Å². The number of benzene rings is 1. The Bertz CT molecular complexity index is 286. The molecular formula is C9H10ClFO3. The third-order valence-electron chi connectivity index (χ3n) is 1.55. The Balaban J connectivity index is 2.66. The molecule has 0 bridgehead atoms. The molecule has 0 unspecified atom stereocenters. The highest BCUT2D eigenvalue weighted by Crippen LogP contribution is 2.27. The van der Waals surface area contributed by atoms with Gasteiger partial charge in [0, 0.05) is 0 Å². The summed E-state index contributed by atoms with van der Waals surface area (Å²) in [5.41, 5.74) is 0. The summed E-state index contributed by atoms with van der Waals surface area (Å²) < 4.78 is 18.0. The molecule has 0 aliphatic rings. The molecule has 0 fully saturated rings. The highest BCUT2D eigenvalue weighted by Gasteiger charge is 2.10. The molecule has 2 N–H and O–H groups in total. The van der Waals surface area contributed by atoms with E-state index in [4.69, 9.17) is 26.6 Å². The minimum atomic E-state index is -1.04. The van der Waals surface area contributed by atoms with Crippen molar-refractivity contribution in [1.29, 1.82) is 0 Å². The van der Waals surface area contributed by atoms with Gasteiger partial charge in [0.1, 0.15) is 12.7 Å². The van der Waals surface area contributed by atoms with Gasteiger partial charge >= 0.3 is 0 Å². The number of hydrogen-bond acceptors (Lipinski definition) is 3. The molecule has 78 valence electrons. The Labute approximate surface area is 85.7 Å². The third-order valence-corrected chi connectivity index (χ3v) is 1.85. The number of aliphatic hydroxyl groups excluding tert-OH is 2. The highest BCUT2D eigenvalue weighted by atomic mass is 35.5. The van der Waals surface area contributed by atoms with Crippen LogP contribution in [0.25, 0.3) is 0 Å². The van der Waals surface area contributed by atoms with Gasteiger partial charge in [-0.2, -0.15) is 0 Å². The topological polar surface area (TPSA) is 49.7 Å². The van der Waals surface area contributed by atoms with Crippen LogP contribution in [-0.2, 0) is 0 Å². The Kier molecular flexibility index (Phi) is 4.13. The number of ether oxygens (including phenoxy) is 1. The lowest BCUT2D eigenvalue weighted by molar-refractivity contribution is 0.0524. The van der Waals surface area contributed by atoms with Crippen LogP contribution in [0.5, 0.6) is 5.75 Å². The summed E-state index contributed by atoms with van der Waals surface area (Å²) in [5, 5.41) is 17.6. The van der Waals surface area contributed by atoms with Gasteiger partial charge in [-0.3, -0.25) is 0 Å². The minimum Gasteiger partial charge on any atom is -0.486 e. The second-order valence-corrected chi connectivity index (χ2v) is 3.11. The first kappa shape index (κ1) is 11.2. The zero-order chi connectivity index (χ0) is 10.6. The van der Waals surface area contributed by atoms with Crippen LogP contribution in [0.1, 0.15) is 0 Å². The van der Waals surface area contributed by atoms with Crippen molar-refractivity contribution in [3.05, 3.63) is 29.0 Å². The molecule has 1 aromatic rings. The standard InChI is InChI=1S/C9H10ClFO3/c10-7-2-1-3-8(11)9(7)14-5-6(13)4-12/h1-3,6,12-13H,4-5H2/t6-/m1/s1. The van der Waals surface area contributed by atoms with E-state index in [0.717, 1.165) is 0 Å². The monoisotopic (exact) mass is 220 g/mol. The SMILES string of the molecule is OC[C@@H](O)COc1c(F)cccc1Cl. The Hall–Kier alpha value is -0.840. The molecule has 5 heteroatoms. The lowest BCUT2D eigenvalue weighted by Gasteiger charge is -2.11. The van der Waals surface area contributed by atoms with Gasteiger partial charge in [0.15, 0.2) is 11.6 Å². The zero-order valence-electron chi connectivity index (χ0n) is 7.28. The van der Waals surface area contributed by atoms with E-state index in [0.29, 0.717) is 0 Å². The molecule has 0 radical (unpaired) electrons. The first-order valence-electron chi connectivity index (χ1n) is 4.01. The first-order valence-corrected chi connectivity index (χ1v) is 4.38. The lowest BCUT2D eigenvalue weighted by Crippen LogP contribution is -2.21. The molecule has 0 saturated carbocycles. The fourth-order valence-corrected chi connectivity index (χ4v) is 1.07. The summed E-state index contributed by atoms with van der Waals surface area (Å²) in [5.74, 6) is -0.704. The Morgan fingerprint density at radius 3 is 2.79 bits per heavy atom. The Morgan fingerprint density at radius 2 is 2.21 bits per heavy atom. The number of aliphatic hydroxyl groups is 2. The Morgan fingerprint density at radius 1 is 1.50 bits per heavy atom. The molecule has 1 atom stereocenters. The van der Waals surface area contributed by atoms with Crippen molar-refractivity contribution in [1.82, 2.24) is 0 Å². The lowest BCUT2D eigenvalue weighted by atomic mass is 10.3. The molecule has 0 spiro atoms. The van der Waals surface area contributed by atoms with Crippen LogP contribution in [0.2, 0.25) is 5.02 Å². The van der Waals surface area contributed by atoms with Crippen LogP contribution in [0.3, 0.4) is 0 Å². The van der Waals surface area contributed by atoms with Crippen molar-refractivity contribution in [2.75, 3.05) is 13.2 Å². The van der Waals surface area contributed by atoms with Crippen LogP contribution in [0.4, 0.5) is 4.39 Å². The summed E-state index contributed by atoms with van der Waals surface area (Å²) >= 11 is 5.65. The molecule has 1 aromatic carbocycles. The highest BCUT2D eigenvalue weighted by molar-refractivity contribution is 6.32. The van der Waals surface area contributed by atoms with Crippen LogP contribution in [-0.4, -0.2) is 29.5 Å². The first-order chi connectivity index (χ1) is 6.65. The van der Waals surface area contributed by atoms with Gasteiger partial charge in [-0.25, -0.2) is 4.39 Å². The molecule has 14 heavy (non-hydrogen) atoms.